The van der Waals surface area contributed by atoms with E-state index in [1.165, 1.54) is 44.4 Å². The first-order valence-corrected chi connectivity index (χ1v) is 14.6. The lowest BCUT2D eigenvalue weighted by Crippen LogP contribution is -2.51. The van der Waals surface area contributed by atoms with E-state index in [9.17, 15) is 18.0 Å². The molecular weight excluding hydrogens is 546 g/mol. The Balaban J connectivity index is 2.03. The van der Waals surface area contributed by atoms with E-state index >= 15 is 0 Å². The van der Waals surface area contributed by atoms with Gasteiger partial charge in [-0.15, -0.1) is 0 Å². The topological polar surface area (TPSA) is 114 Å². The number of rotatable bonds is 14. The predicted molar refractivity (Wildman–Crippen MR) is 157 cm³/mol. The number of amides is 2. The molecule has 0 aromatic heterocycles. The normalized spacial score (nSPS) is 11.7. The molecule has 0 aliphatic carbocycles. The molecule has 0 fully saturated rings. The number of carbonyl (C=O) groups excluding carboxylic acids is 2. The standard InChI is InChI=1S/C30H37N3O7S/c1-6-40-25-14-12-24(13-15-25)33(41(36,37)26-16-17-27(38-4)28(20-26)39-5)21-29(34)32(22(2)30(35)31-3)19-18-23-10-8-7-9-11-23/h7-17,20,22H,6,18-19,21H2,1-5H3,(H,31,35)/t22-/m0/s1. The van der Waals surface area contributed by atoms with Crippen molar-refractivity contribution in [3.63, 3.8) is 0 Å². The van der Waals surface area contributed by atoms with Gasteiger partial charge < -0.3 is 24.4 Å². The minimum Gasteiger partial charge on any atom is -0.494 e. The third-order valence-corrected chi connectivity index (χ3v) is 8.33. The molecule has 0 aliphatic rings. The van der Waals surface area contributed by atoms with E-state index in [4.69, 9.17) is 14.2 Å². The highest BCUT2D eigenvalue weighted by atomic mass is 32.2. The number of nitrogens with zero attached hydrogens (tertiary/aromatic N) is 2. The van der Waals surface area contributed by atoms with Crippen LogP contribution in [0.1, 0.15) is 19.4 Å². The summed E-state index contributed by atoms with van der Waals surface area (Å²) >= 11 is 0. The third kappa shape index (κ3) is 7.69. The van der Waals surface area contributed by atoms with Crippen LogP contribution in [-0.2, 0) is 26.0 Å². The molecule has 0 unspecified atom stereocenters. The fourth-order valence-electron chi connectivity index (χ4n) is 4.29. The number of hydrogen-bond donors (Lipinski definition) is 1. The van der Waals surface area contributed by atoms with Gasteiger partial charge in [-0.05, 0) is 62.2 Å². The van der Waals surface area contributed by atoms with Gasteiger partial charge in [-0.25, -0.2) is 8.42 Å². The zero-order valence-electron chi connectivity index (χ0n) is 24.0. The number of benzene rings is 3. The highest BCUT2D eigenvalue weighted by Crippen LogP contribution is 2.33. The van der Waals surface area contributed by atoms with Crippen molar-refractivity contribution < 1.29 is 32.2 Å². The van der Waals surface area contributed by atoms with E-state index in [1.54, 1.807) is 31.2 Å². The summed E-state index contributed by atoms with van der Waals surface area (Å²) in [7, 11) is 0.0798. The summed E-state index contributed by atoms with van der Waals surface area (Å²) in [5.74, 6) is 0.256. The van der Waals surface area contributed by atoms with Crippen LogP contribution in [0.15, 0.2) is 77.7 Å². The lowest BCUT2D eigenvalue weighted by Gasteiger charge is -2.31. The van der Waals surface area contributed by atoms with Crippen molar-refractivity contribution in [2.45, 2.75) is 31.2 Å². The smallest absolute Gasteiger partial charge is 0.264 e. The Bertz CT molecular complexity index is 1410. The number of anilines is 1. The maximum atomic E-state index is 14.1. The summed E-state index contributed by atoms with van der Waals surface area (Å²) < 4.78 is 45.2. The molecule has 0 spiro atoms. The van der Waals surface area contributed by atoms with Crippen LogP contribution in [0, 0.1) is 0 Å². The van der Waals surface area contributed by atoms with E-state index in [1.807, 2.05) is 37.3 Å². The number of sulfonamides is 1. The van der Waals surface area contributed by atoms with Gasteiger partial charge in [0.15, 0.2) is 11.5 Å². The van der Waals surface area contributed by atoms with Crippen LogP contribution in [0.3, 0.4) is 0 Å². The number of likely N-dealkylation sites (N-methyl/N-ethyl adjacent to an activating group) is 1. The van der Waals surface area contributed by atoms with Crippen molar-refractivity contribution in [2.75, 3.05) is 45.3 Å². The molecule has 3 aromatic rings. The Morgan fingerprint density at radius 3 is 2.17 bits per heavy atom. The first-order chi connectivity index (χ1) is 19.7. The lowest BCUT2D eigenvalue weighted by molar-refractivity contribution is -0.138. The van der Waals surface area contributed by atoms with E-state index in [2.05, 4.69) is 5.32 Å². The van der Waals surface area contributed by atoms with Crippen LogP contribution in [0.4, 0.5) is 5.69 Å². The van der Waals surface area contributed by atoms with Crippen LogP contribution in [0.2, 0.25) is 0 Å². The fourth-order valence-corrected chi connectivity index (χ4v) is 5.72. The van der Waals surface area contributed by atoms with Gasteiger partial charge in [0.05, 0.1) is 31.4 Å². The van der Waals surface area contributed by atoms with Crippen molar-refractivity contribution in [3.05, 3.63) is 78.4 Å². The van der Waals surface area contributed by atoms with Gasteiger partial charge in [-0.1, -0.05) is 30.3 Å². The molecule has 1 N–H and O–H groups in total. The molecule has 1 atom stereocenters. The second-order valence-electron chi connectivity index (χ2n) is 9.07. The first-order valence-electron chi connectivity index (χ1n) is 13.2. The molecule has 3 aromatic carbocycles. The maximum absolute atomic E-state index is 14.1. The molecule has 3 rings (SSSR count). The molecule has 0 bridgehead atoms. The zero-order valence-corrected chi connectivity index (χ0v) is 24.8. The van der Waals surface area contributed by atoms with Gasteiger partial charge in [0, 0.05) is 19.7 Å². The Hall–Kier alpha value is -4.25. The predicted octanol–water partition coefficient (Wildman–Crippen LogP) is 3.50. The van der Waals surface area contributed by atoms with E-state index in [0.717, 1.165) is 9.87 Å². The van der Waals surface area contributed by atoms with Crippen LogP contribution in [0.25, 0.3) is 0 Å². The lowest BCUT2D eigenvalue weighted by atomic mass is 10.1. The van der Waals surface area contributed by atoms with Crippen LogP contribution in [-0.4, -0.2) is 72.1 Å². The first kappa shape index (κ1) is 31.3. The van der Waals surface area contributed by atoms with Gasteiger partial charge >= 0.3 is 0 Å². The quantitative estimate of drug-likeness (QED) is 0.309. The van der Waals surface area contributed by atoms with Crippen molar-refractivity contribution in [3.8, 4) is 17.2 Å². The Labute approximate surface area is 241 Å². The molecule has 11 heteroatoms. The highest BCUT2D eigenvalue weighted by Gasteiger charge is 2.32. The maximum Gasteiger partial charge on any atom is 0.264 e. The Kier molecular flexibility index (Phi) is 11.0. The van der Waals surface area contributed by atoms with Gasteiger partial charge in [0.2, 0.25) is 11.8 Å². The number of nitrogens with one attached hydrogen (secondary N) is 1. The van der Waals surface area contributed by atoms with E-state index < -0.39 is 28.5 Å². The number of ether oxygens (including phenoxy) is 3. The second kappa shape index (κ2) is 14.4. The molecule has 10 nitrogen and oxygen atoms in total. The molecule has 0 heterocycles. The van der Waals surface area contributed by atoms with Gasteiger partial charge in [0.1, 0.15) is 18.3 Å². The monoisotopic (exact) mass is 583 g/mol. The SMILES string of the molecule is CCOc1ccc(N(CC(=O)N(CCc2ccccc2)[C@@H](C)C(=O)NC)S(=O)(=O)c2ccc(OC)c(OC)c2)cc1. The van der Waals surface area contributed by atoms with Gasteiger partial charge in [-0.3, -0.25) is 13.9 Å². The number of carbonyl (C=O) groups is 2. The average Bonchev–Trinajstić information content (AvgIpc) is 3.00. The summed E-state index contributed by atoms with van der Waals surface area (Å²) in [6.45, 7) is 3.58. The summed E-state index contributed by atoms with van der Waals surface area (Å²) in [6.07, 6.45) is 0.486. The van der Waals surface area contributed by atoms with Gasteiger partial charge in [-0.2, -0.15) is 0 Å². The minimum atomic E-state index is -4.28. The summed E-state index contributed by atoms with van der Waals surface area (Å²) in [6, 6.07) is 19.4. The second-order valence-corrected chi connectivity index (χ2v) is 10.9. The molecule has 0 saturated carbocycles. The summed E-state index contributed by atoms with van der Waals surface area (Å²) in [4.78, 5) is 27.8. The van der Waals surface area contributed by atoms with Crippen molar-refractivity contribution in [1.82, 2.24) is 10.2 Å². The number of methoxy groups -OCH3 is 2. The van der Waals surface area contributed by atoms with Gasteiger partial charge in [0.25, 0.3) is 10.0 Å². The van der Waals surface area contributed by atoms with Crippen LogP contribution in [0.5, 0.6) is 17.2 Å². The largest absolute Gasteiger partial charge is 0.494 e. The Morgan fingerprint density at radius 1 is 0.927 bits per heavy atom. The van der Waals surface area contributed by atoms with Crippen molar-refractivity contribution in [2.24, 2.45) is 0 Å². The molecule has 41 heavy (non-hydrogen) atoms. The van der Waals surface area contributed by atoms with Crippen molar-refractivity contribution in [1.29, 1.82) is 0 Å². The minimum absolute atomic E-state index is 0.0907. The van der Waals surface area contributed by atoms with E-state index in [0.29, 0.717) is 24.5 Å². The molecule has 0 radical (unpaired) electrons. The molecule has 0 saturated heterocycles. The van der Waals surface area contributed by atoms with Crippen molar-refractivity contribution >= 4 is 27.5 Å². The van der Waals surface area contributed by atoms with E-state index in [-0.39, 0.29) is 28.8 Å². The number of hydrogen-bond acceptors (Lipinski definition) is 7. The third-order valence-electron chi connectivity index (χ3n) is 6.56. The highest BCUT2D eigenvalue weighted by molar-refractivity contribution is 7.92. The summed E-state index contributed by atoms with van der Waals surface area (Å²) in [5, 5.41) is 2.58. The molecule has 220 valence electrons. The van der Waals surface area contributed by atoms with Crippen LogP contribution < -0.4 is 23.8 Å². The molecule has 2 amide bonds. The fraction of sp³-hybridized carbons (Fsp3) is 0.333. The molecule has 0 aliphatic heterocycles. The zero-order chi connectivity index (χ0) is 30.0. The average molecular weight is 584 g/mol. The summed E-state index contributed by atoms with van der Waals surface area (Å²) in [5.41, 5.74) is 1.24. The molecular formula is C30H37N3O7S. The Morgan fingerprint density at radius 2 is 1.59 bits per heavy atom. The van der Waals surface area contributed by atoms with Crippen LogP contribution >= 0.6 is 0 Å².